The summed E-state index contributed by atoms with van der Waals surface area (Å²) in [5.74, 6) is -0.739. The number of nitrogens with zero attached hydrogens (tertiary/aromatic N) is 3. The number of carbonyl (C=O) groups excluding carboxylic acids is 1. The average Bonchev–Trinajstić information content (AvgIpc) is 2.59. The maximum absolute atomic E-state index is 12.9. The number of benzene rings is 1. The van der Waals surface area contributed by atoms with Gasteiger partial charge in [-0.1, -0.05) is 6.07 Å². The molecule has 0 aromatic heterocycles. The molecular weight excluding hydrogens is 337 g/mol. The van der Waals surface area contributed by atoms with Crippen LogP contribution in [0, 0.1) is 34.0 Å². The SMILES string of the molecule is COC(=O)C=Cc1ccc(C(F)(F)F)cc1NC(C#N)=C(C#N)C#N. The van der Waals surface area contributed by atoms with Crippen molar-refractivity contribution in [3.63, 3.8) is 0 Å². The number of allylic oxidation sites excluding steroid dienone is 2. The predicted molar refractivity (Wildman–Crippen MR) is 80.0 cm³/mol. The molecule has 1 rings (SSSR count). The Balaban J connectivity index is 3.48. The summed E-state index contributed by atoms with van der Waals surface area (Å²) in [6.45, 7) is 0. The van der Waals surface area contributed by atoms with Crippen LogP contribution in [0.2, 0.25) is 0 Å². The lowest BCUT2D eigenvalue weighted by Gasteiger charge is -2.13. The third-order valence-corrected chi connectivity index (χ3v) is 2.83. The summed E-state index contributed by atoms with van der Waals surface area (Å²) in [5.41, 5.74) is -2.23. The number of anilines is 1. The van der Waals surface area contributed by atoms with Gasteiger partial charge in [0.2, 0.25) is 0 Å². The van der Waals surface area contributed by atoms with Crippen LogP contribution in [-0.2, 0) is 15.7 Å². The van der Waals surface area contributed by atoms with Crippen LogP contribution in [0.4, 0.5) is 18.9 Å². The van der Waals surface area contributed by atoms with Crippen LogP contribution < -0.4 is 5.32 Å². The standard InChI is InChI=1S/C16H9F3N4O2/c1-25-15(24)5-3-10-2-4-12(16(17,18)19)6-13(10)23-14(9-22)11(7-20)8-21/h2-6,23H,1H3. The number of methoxy groups -OCH3 is 1. The van der Waals surface area contributed by atoms with E-state index in [2.05, 4.69) is 10.1 Å². The van der Waals surface area contributed by atoms with Gasteiger partial charge in [-0.15, -0.1) is 0 Å². The Bertz CT molecular complexity index is 849. The fourth-order valence-electron chi connectivity index (χ4n) is 1.63. The Morgan fingerprint density at radius 2 is 1.84 bits per heavy atom. The molecule has 0 radical (unpaired) electrons. The molecule has 0 amide bonds. The molecule has 0 atom stereocenters. The van der Waals surface area contributed by atoms with Crippen LogP contribution >= 0.6 is 0 Å². The second-order valence-electron chi connectivity index (χ2n) is 4.37. The minimum absolute atomic E-state index is 0.112. The van der Waals surface area contributed by atoms with Gasteiger partial charge in [0.25, 0.3) is 0 Å². The summed E-state index contributed by atoms with van der Waals surface area (Å²) < 4.78 is 43.0. The minimum Gasteiger partial charge on any atom is -0.466 e. The summed E-state index contributed by atoms with van der Waals surface area (Å²) in [6.07, 6.45) is -2.51. The molecule has 25 heavy (non-hydrogen) atoms. The van der Waals surface area contributed by atoms with Crippen LogP contribution in [0.3, 0.4) is 0 Å². The zero-order chi connectivity index (χ0) is 19.0. The monoisotopic (exact) mass is 346 g/mol. The number of ether oxygens (including phenoxy) is 1. The van der Waals surface area contributed by atoms with Crippen molar-refractivity contribution in [2.75, 3.05) is 12.4 Å². The van der Waals surface area contributed by atoms with Crippen molar-refractivity contribution in [3.8, 4) is 18.2 Å². The molecular formula is C16H9F3N4O2. The second kappa shape index (κ2) is 8.19. The van der Waals surface area contributed by atoms with Gasteiger partial charge in [0.05, 0.1) is 12.7 Å². The predicted octanol–water partition coefficient (Wildman–Crippen LogP) is 3.13. The van der Waals surface area contributed by atoms with Crippen molar-refractivity contribution in [1.29, 1.82) is 15.8 Å². The van der Waals surface area contributed by atoms with Gasteiger partial charge in [-0.05, 0) is 23.8 Å². The van der Waals surface area contributed by atoms with Gasteiger partial charge in [0, 0.05) is 11.8 Å². The summed E-state index contributed by atoms with van der Waals surface area (Å²) in [6, 6.07) is 7.02. The second-order valence-corrected chi connectivity index (χ2v) is 4.37. The molecule has 1 N–H and O–H groups in total. The molecule has 0 aliphatic heterocycles. The Kier molecular flexibility index (Phi) is 6.31. The molecule has 0 heterocycles. The molecule has 0 saturated carbocycles. The van der Waals surface area contributed by atoms with E-state index >= 15 is 0 Å². The van der Waals surface area contributed by atoms with E-state index in [-0.39, 0.29) is 11.3 Å². The molecule has 9 heteroatoms. The van der Waals surface area contributed by atoms with Crippen LogP contribution in [0.15, 0.2) is 35.5 Å². The van der Waals surface area contributed by atoms with Crippen molar-refractivity contribution < 1.29 is 22.7 Å². The normalized spacial score (nSPS) is 10.3. The van der Waals surface area contributed by atoms with Crippen LogP contribution in [-0.4, -0.2) is 13.1 Å². The molecule has 0 aliphatic carbocycles. The topological polar surface area (TPSA) is 110 Å². The fraction of sp³-hybridized carbons (Fsp3) is 0.125. The first kappa shape index (κ1) is 19.3. The number of hydrogen-bond acceptors (Lipinski definition) is 6. The van der Waals surface area contributed by atoms with E-state index < -0.39 is 29.0 Å². The zero-order valence-corrected chi connectivity index (χ0v) is 12.7. The van der Waals surface area contributed by atoms with Crippen molar-refractivity contribution >= 4 is 17.7 Å². The molecule has 0 saturated heterocycles. The summed E-state index contributed by atoms with van der Waals surface area (Å²) >= 11 is 0. The Morgan fingerprint density at radius 1 is 1.20 bits per heavy atom. The van der Waals surface area contributed by atoms with Crippen molar-refractivity contribution in [2.45, 2.75) is 6.18 Å². The van der Waals surface area contributed by atoms with Gasteiger partial charge in [-0.2, -0.15) is 29.0 Å². The van der Waals surface area contributed by atoms with E-state index in [9.17, 15) is 18.0 Å². The minimum atomic E-state index is -4.65. The van der Waals surface area contributed by atoms with Crippen molar-refractivity contribution in [3.05, 3.63) is 46.7 Å². The third kappa shape index (κ3) is 5.12. The van der Waals surface area contributed by atoms with E-state index in [4.69, 9.17) is 15.8 Å². The molecule has 0 aliphatic rings. The van der Waals surface area contributed by atoms with E-state index in [1.807, 2.05) is 0 Å². The Morgan fingerprint density at radius 3 is 2.32 bits per heavy atom. The lowest BCUT2D eigenvalue weighted by atomic mass is 10.1. The van der Waals surface area contributed by atoms with Gasteiger partial charge in [0.1, 0.15) is 23.9 Å². The molecule has 0 spiro atoms. The first-order chi connectivity index (χ1) is 11.8. The number of alkyl halides is 3. The molecule has 1 aromatic rings. The number of carbonyl (C=O) groups is 1. The number of esters is 1. The largest absolute Gasteiger partial charge is 0.466 e. The maximum Gasteiger partial charge on any atom is 0.416 e. The highest BCUT2D eigenvalue weighted by Crippen LogP contribution is 2.33. The van der Waals surface area contributed by atoms with Crippen molar-refractivity contribution in [1.82, 2.24) is 0 Å². The highest BCUT2D eigenvalue weighted by Gasteiger charge is 2.31. The average molecular weight is 346 g/mol. The lowest BCUT2D eigenvalue weighted by molar-refractivity contribution is -0.137. The molecule has 6 nitrogen and oxygen atoms in total. The van der Waals surface area contributed by atoms with E-state index in [1.165, 1.54) is 18.2 Å². The number of rotatable bonds is 4. The van der Waals surface area contributed by atoms with Gasteiger partial charge < -0.3 is 10.1 Å². The molecule has 1 aromatic carbocycles. The molecule has 0 unspecified atom stereocenters. The fourth-order valence-corrected chi connectivity index (χ4v) is 1.63. The Labute approximate surface area is 140 Å². The highest BCUT2D eigenvalue weighted by molar-refractivity contribution is 5.88. The lowest BCUT2D eigenvalue weighted by Crippen LogP contribution is -2.08. The third-order valence-electron chi connectivity index (χ3n) is 2.83. The van der Waals surface area contributed by atoms with E-state index in [0.717, 1.165) is 25.3 Å². The number of nitriles is 3. The Hall–Kier alpha value is -3.77. The summed E-state index contributed by atoms with van der Waals surface area (Å²) in [7, 11) is 1.13. The van der Waals surface area contributed by atoms with Gasteiger partial charge >= 0.3 is 12.1 Å². The van der Waals surface area contributed by atoms with Crippen molar-refractivity contribution in [2.24, 2.45) is 0 Å². The number of halogens is 3. The van der Waals surface area contributed by atoms with Crippen LogP contribution in [0.25, 0.3) is 6.08 Å². The quantitative estimate of drug-likeness (QED) is 0.509. The smallest absolute Gasteiger partial charge is 0.416 e. The molecule has 0 bridgehead atoms. The van der Waals surface area contributed by atoms with Gasteiger partial charge in [-0.25, -0.2) is 4.79 Å². The van der Waals surface area contributed by atoms with Gasteiger partial charge in [0.15, 0.2) is 5.57 Å². The number of hydrogen-bond donors (Lipinski definition) is 1. The van der Waals surface area contributed by atoms with E-state index in [0.29, 0.717) is 6.07 Å². The summed E-state index contributed by atoms with van der Waals surface area (Å²) in [5, 5.41) is 28.9. The molecule has 126 valence electrons. The van der Waals surface area contributed by atoms with Crippen LogP contribution in [0.5, 0.6) is 0 Å². The van der Waals surface area contributed by atoms with Crippen LogP contribution in [0.1, 0.15) is 11.1 Å². The van der Waals surface area contributed by atoms with E-state index in [1.54, 1.807) is 6.07 Å². The zero-order valence-electron chi connectivity index (χ0n) is 12.7. The summed E-state index contributed by atoms with van der Waals surface area (Å²) in [4.78, 5) is 11.1. The number of nitrogens with one attached hydrogen (secondary N) is 1. The first-order valence-corrected chi connectivity index (χ1v) is 6.45. The van der Waals surface area contributed by atoms with Gasteiger partial charge in [-0.3, -0.25) is 0 Å². The maximum atomic E-state index is 12.9. The first-order valence-electron chi connectivity index (χ1n) is 6.45. The molecule has 0 fully saturated rings. The highest BCUT2D eigenvalue weighted by atomic mass is 19.4.